The van der Waals surface area contributed by atoms with Gasteiger partial charge in [-0.05, 0) is 31.2 Å². The van der Waals surface area contributed by atoms with E-state index in [2.05, 4.69) is 20.4 Å². The normalized spacial score (nSPS) is 10.8. The van der Waals surface area contributed by atoms with Crippen LogP contribution in [0.5, 0.6) is 0 Å². The summed E-state index contributed by atoms with van der Waals surface area (Å²) in [5.41, 5.74) is 0.811. The van der Waals surface area contributed by atoms with Crippen LogP contribution in [0, 0.1) is 17.1 Å². The second-order valence-corrected chi connectivity index (χ2v) is 7.45. The number of rotatable bonds is 4. The summed E-state index contributed by atoms with van der Waals surface area (Å²) in [4.78, 5) is 31.9. The number of hydrogen-bond donors (Lipinski definition) is 2. The van der Waals surface area contributed by atoms with E-state index in [1.54, 1.807) is 6.92 Å². The number of halogens is 3. The molecule has 0 aliphatic carbocycles. The summed E-state index contributed by atoms with van der Waals surface area (Å²) in [6.45, 7) is 1.74. The second kappa shape index (κ2) is 8.90. The van der Waals surface area contributed by atoms with Crippen LogP contribution in [0.4, 0.5) is 15.0 Å². The molecule has 2 aromatic carbocycles. The van der Waals surface area contributed by atoms with Gasteiger partial charge in [0, 0.05) is 5.56 Å². The molecule has 9 nitrogen and oxygen atoms in total. The van der Waals surface area contributed by atoms with Crippen molar-refractivity contribution in [1.82, 2.24) is 19.7 Å². The lowest BCUT2D eigenvalue weighted by Crippen LogP contribution is -2.16. The van der Waals surface area contributed by atoms with Gasteiger partial charge < -0.3 is 15.0 Å². The summed E-state index contributed by atoms with van der Waals surface area (Å²) < 4.78 is 19.9. The number of aromatic amines is 1. The molecule has 0 unspecified atom stereocenters. The number of nitrogens with zero attached hydrogens (tertiary/aromatic N) is 4. The number of hydrogen-bond acceptors (Lipinski definition) is 6. The number of nitrogens with one attached hydrogen (secondary N) is 2. The lowest BCUT2D eigenvalue weighted by Gasteiger charge is -2.04. The fourth-order valence-electron chi connectivity index (χ4n) is 3.06. The predicted molar refractivity (Wildman–Crippen MR) is 119 cm³/mol. The SMILES string of the molecule is CCOC(=O)n1cc(C#N)c(NC(=O)c2cc(Cl)c3nc(-c4c(F)cccc4Cl)[nH]c3c2)n1. The fourth-order valence-corrected chi connectivity index (χ4v) is 3.57. The van der Waals surface area contributed by atoms with Crippen molar-refractivity contribution < 1.29 is 18.7 Å². The number of carbonyl (C=O) groups excluding carboxylic acids is 2. The molecule has 4 rings (SSSR count). The van der Waals surface area contributed by atoms with Crippen molar-refractivity contribution in [3.05, 3.63) is 63.5 Å². The average Bonchev–Trinajstić information content (AvgIpc) is 3.38. The number of ether oxygens (including phenoxy) is 1. The minimum atomic E-state index is -0.796. The molecule has 1 amide bonds. The topological polar surface area (TPSA) is 126 Å². The van der Waals surface area contributed by atoms with E-state index >= 15 is 0 Å². The molecule has 166 valence electrons. The molecule has 0 bridgehead atoms. The molecule has 0 spiro atoms. The van der Waals surface area contributed by atoms with Gasteiger partial charge in [0.2, 0.25) is 0 Å². The number of amides is 1. The van der Waals surface area contributed by atoms with E-state index in [-0.39, 0.29) is 45.0 Å². The molecule has 33 heavy (non-hydrogen) atoms. The first kappa shape index (κ1) is 22.3. The first-order valence-corrected chi connectivity index (χ1v) is 10.2. The van der Waals surface area contributed by atoms with Gasteiger partial charge in [0.05, 0.1) is 33.9 Å². The number of imidazole rings is 1. The molecule has 4 aromatic rings. The Morgan fingerprint density at radius 3 is 2.79 bits per heavy atom. The summed E-state index contributed by atoms with van der Waals surface area (Å²) in [7, 11) is 0. The number of benzene rings is 2. The van der Waals surface area contributed by atoms with Gasteiger partial charge in [0.1, 0.15) is 28.8 Å². The first-order chi connectivity index (χ1) is 15.8. The molecule has 0 fully saturated rings. The monoisotopic (exact) mass is 486 g/mol. The maximum Gasteiger partial charge on any atom is 0.434 e. The van der Waals surface area contributed by atoms with Crippen molar-refractivity contribution in [1.29, 1.82) is 5.26 Å². The first-order valence-electron chi connectivity index (χ1n) is 9.44. The summed E-state index contributed by atoms with van der Waals surface area (Å²) in [5.74, 6) is -1.20. The van der Waals surface area contributed by atoms with Crippen molar-refractivity contribution in [2.75, 3.05) is 11.9 Å². The molecule has 0 radical (unpaired) electrons. The number of aromatic nitrogens is 4. The van der Waals surface area contributed by atoms with Crippen LogP contribution in [0.15, 0.2) is 36.5 Å². The van der Waals surface area contributed by atoms with E-state index in [9.17, 15) is 19.2 Å². The van der Waals surface area contributed by atoms with Crippen molar-refractivity contribution in [2.45, 2.75) is 6.92 Å². The van der Waals surface area contributed by atoms with Crippen LogP contribution in [0.2, 0.25) is 10.0 Å². The molecule has 2 heterocycles. The Morgan fingerprint density at radius 2 is 2.09 bits per heavy atom. The molecule has 0 saturated heterocycles. The molecule has 2 N–H and O–H groups in total. The van der Waals surface area contributed by atoms with Gasteiger partial charge in [-0.2, -0.15) is 9.94 Å². The Balaban J connectivity index is 1.68. The van der Waals surface area contributed by atoms with E-state index < -0.39 is 17.8 Å². The molecular formula is C21H13Cl2FN6O3. The van der Waals surface area contributed by atoms with Crippen molar-refractivity contribution in [3.8, 4) is 17.5 Å². The largest absolute Gasteiger partial charge is 0.448 e. The third-order valence-corrected chi connectivity index (χ3v) is 5.13. The molecule has 0 aliphatic rings. The predicted octanol–water partition coefficient (Wildman–Crippen LogP) is 5.00. The Morgan fingerprint density at radius 1 is 1.30 bits per heavy atom. The number of carbonyl (C=O) groups is 2. The Labute approximate surface area is 195 Å². The molecule has 0 atom stereocenters. The standard InChI is InChI=1S/C21H13Cl2FN6O3/c1-2-33-21(32)30-9-11(8-25)18(29-30)28-20(31)10-6-13(23)17-15(7-10)26-19(27-17)16-12(22)4-3-5-14(16)24/h3-7,9H,2H2,1H3,(H,26,27)(H,28,29,31). The quantitative estimate of drug-likeness (QED) is 0.417. The Hall–Kier alpha value is -3.94. The Kier molecular flexibility index (Phi) is 6.00. The Bertz CT molecular complexity index is 1440. The van der Waals surface area contributed by atoms with Gasteiger partial charge in [-0.15, -0.1) is 5.10 Å². The zero-order valence-electron chi connectivity index (χ0n) is 16.8. The third-order valence-electron chi connectivity index (χ3n) is 4.52. The smallest absolute Gasteiger partial charge is 0.434 e. The second-order valence-electron chi connectivity index (χ2n) is 6.64. The van der Waals surface area contributed by atoms with Gasteiger partial charge in [-0.1, -0.05) is 29.3 Å². The van der Waals surface area contributed by atoms with Crippen molar-refractivity contribution >= 4 is 52.1 Å². The van der Waals surface area contributed by atoms with Crippen molar-refractivity contribution in [3.63, 3.8) is 0 Å². The molecule has 12 heteroatoms. The zero-order valence-corrected chi connectivity index (χ0v) is 18.3. The number of fused-ring (bicyclic) bond motifs is 1. The molecule has 0 aliphatic heterocycles. The molecular weight excluding hydrogens is 474 g/mol. The third kappa shape index (κ3) is 4.24. The maximum absolute atomic E-state index is 14.3. The van der Waals surface area contributed by atoms with Crippen LogP contribution in [-0.2, 0) is 4.74 Å². The van der Waals surface area contributed by atoms with Crippen molar-refractivity contribution in [2.24, 2.45) is 0 Å². The number of anilines is 1. The van der Waals surface area contributed by atoms with Crippen LogP contribution < -0.4 is 5.32 Å². The van der Waals surface area contributed by atoms with Crippen LogP contribution in [-0.4, -0.2) is 38.4 Å². The number of nitriles is 1. The highest BCUT2D eigenvalue weighted by molar-refractivity contribution is 6.36. The zero-order chi connectivity index (χ0) is 23.7. The van der Waals surface area contributed by atoms with Crippen LogP contribution in [0.1, 0.15) is 22.8 Å². The van der Waals surface area contributed by atoms with E-state index in [0.717, 1.165) is 10.9 Å². The van der Waals surface area contributed by atoms with Gasteiger partial charge in [-0.25, -0.2) is 14.2 Å². The van der Waals surface area contributed by atoms with E-state index in [1.165, 1.54) is 30.3 Å². The van der Waals surface area contributed by atoms with Gasteiger partial charge >= 0.3 is 6.09 Å². The summed E-state index contributed by atoms with van der Waals surface area (Å²) >= 11 is 12.4. The van der Waals surface area contributed by atoms with E-state index in [1.807, 2.05) is 6.07 Å². The molecule has 2 aromatic heterocycles. The van der Waals surface area contributed by atoms with Crippen LogP contribution >= 0.6 is 23.2 Å². The highest BCUT2D eigenvalue weighted by atomic mass is 35.5. The van der Waals surface area contributed by atoms with Crippen LogP contribution in [0.25, 0.3) is 22.4 Å². The van der Waals surface area contributed by atoms with Gasteiger partial charge in [-0.3, -0.25) is 4.79 Å². The average molecular weight is 487 g/mol. The molecule has 0 saturated carbocycles. The minimum absolute atomic E-state index is 0.0402. The lowest BCUT2D eigenvalue weighted by molar-refractivity contribution is 0.102. The van der Waals surface area contributed by atoms with E-state index in [4.69, 9.17) is 27.9 Å². The van der Waals surface area contributed by atoms with Gasteiger partial charge in [0.15, 0.2) is 5.82 Å². The van der Waals surface area contributed by atoms with E-state index in [0.29, 0.717) is 11.0 Å². The lowest BCUT2D eigenvalue weighted by atomic mass is 10.2. The maximum atomic E-state index is 14.3. The summed E-state index contributed by atoms with van der Waals surface area (Å²) in [5, 5.41) is 15.9. The van der Waals surface area contributed by atoms with Crippen LogP contribution in [0.3, 0.4) is 0 Å². The number of H-pyrrole nitrogens is 1. The summed E-state index contributed by atoms with van der Waals surface area (Å²) in [6, 6.07) is 8.90. The minimum Gasteiger partial charge on any atom is -0.448 e. The summed E-state index contributed by atoms with van der Waals surface area (Å²) in [6.07, 6.45) is 0.346. The fraction of sp³-hybridized carbons (Fsp3) is 0.0952. The van der Waals surface area contributed by atoms with Gasteiger partial charge in [0.25, 0.3) is 5.91 Å². The highest BCUT2D eigenvalue weighted by Gasteiger charge is 2.20. The highest BCUT2D eigenvalue weighted by Crippen LogP contribution is 2.32.